The first-order valence-electron chi connectivity index (χ1n) is 10.2. The number of carbonyl (C=O) groups excluding carboxylic acids is 1. The van der Waals surface area contributed by atoms with Gasteiger partial charge >= 0.3 is 11.9 Å². The molecule has 0 aliphatic carbocycles. The van der Waals surface area contributed by atoms with E-state index in [0.29, 0.717) is 25.2 Å². The molecule has 0 saturated heterocycles. The van der Waals surface area contributed by atoms with Gasteiger partial charge in [0.1, 0.15) is 6.04 Å². The molecule has 0 spiro atoms. The van der Waals surface area contributed by atoms with Crippen molar-refractivity contribution in [3.8, 4) is 0 Å². The second-order valence-corrected chi connectivity index (χ2v) is 6.92. The molecule has 1 unspecified atom stereocenters. The van der Waals surface area contributed by atoms with E-state index in [1.54, 1.807) is 0 Å². The molecule has 0 aliphatic heterocycles. The Morgan fingerprint density at radius 2 is 1.09 bits per heavy atom. The summed E-state index contributed by atoms with van der Waals surface area (Å²) >= 11 is 0. The van der Waals surface area contributed by atoms with E-state index in [9.17, 15) is 14.4 Å². The molecule has 0 heterocycles. The minimum Gasteiger partial charge on any atom is -0.478 e. The Balaban J connectivity index is 0.000000414. The molecule has 3 aromatic rings. The van der Waals surface area contributed by atoms with E-state index in [1.165, 1.54) is 0 Å². The molecule has 0 fully saturated rings. The Bertz CT molecular complexity index is 1020. The number of amides is 1. The van der Waals surface area contributed by atoms with E-state index in [-0.39, 0.29) is 11.9 Å². The maximum absolute atomic E-state index is 12.8. The minimum atomic E-state index is -1.26. The van der Waals surface area contributed by atoms with Gasteiger partial charge in [-0.3, -0.25) is 10.1 Å². The van der Waals surface area contributed by atoms with Gasteiger partial charge in [0, 0.05) is 25.2 Å². The molecule has 0 bridgehead atoms. The standard InChI is InChI=1S/C22H22N2O.C4H4O4/c25-22(24-17-19-12-6-2-7-13-19)21(20-14-8-3-9-15-20)23-16-18-10-4-1-5-11-18;5-3(6)1-2-4(7)8/h1-15,21,23H,16-17H2,(H,24,25);1-2H,(H,5,6)(H,7,8)/b;2-1+. The van der Waals surface area contributed by atoms with E-state index in [1.807, 2.05) is 78.9 Å². The zero-order chi connectivity index (χ0) is 23.9. The number of carbonyl (C=O) groups is 3. The fourth-order valence-electron chi connectivity index (χ4n) is 2.85. The first kappa shape index (κ1) is 25.0. The zero-order valence-corrected chi connectivity index (χ0v) is 17.9. The molecule has 0 aliphatic rings. The topological polar surface area (TPSA) is 116 Å². The SMILES string of the molecule is O=C(NCc1ccccc1)C(NCc1ccccc1)c1ccccc1.O=C(O)/C=C/C(=O)O. The van der Waals surface area contributed by atoms with Crippen LogP contribution in [0.5, 0.6) is 0 Å². The van der Waals surface area contributed by atoms with Crippen molar-refractivity contribution in [2.24, 2.45) is 0 Å². The number of carboxylic acid groups (broad SMARTS) is 2. The second kappa shape index (κ2) is 14.0. The minimum absolute atomic E-state index is 0.0222. The van der Waals surface area contributed by atoms with Gasteiger partial charge in [0.15, 0.2) is 0 Å². The summed E-state index contributed by atoms with van der Waals surface area (Å²) in [6.45, 7) is 1.16. The van der Waals surface area contributed by atoms with Gasteiger partial charge in [-0.05, 0) is 16.7 Å². The predicted molar refractivity (Wildman–Crippen MR) is 125 cm³/mol. The number of nitrogens with one attached hydrogen (secondary N) is 2. The van der Waals surface area contributed by atoms with Crippen LogP contribution in [-0.2, 0) is 27.5 Å². The predicted octanol–water partition coefficient (Wildman–Crippen LogP) is 3.55. The van der Waals surface area contributed by atoms with Crippen LogP contribution in [0.25, 0.3) is 0 Å². The van der Waals surface area contributed by atoms with Crippen molar-refractivity contribution in [1.82, 2.24) is 10.6 Å². The zero-order valence-electron chi connectivity index (χ0n) is 17.9. The molecular weight excluding hydrogens is 420 g/mol. The highest BCUT2D eigenvalue weighted by Gasteiger charge is 2.19. The molecular formula is C26H26N2O5. The molecule has 3 aromatic carbocycles. The molecule has 7 nitrogen and oxygen atoms in total. The number of rotatable bonds is 9. The van der Waals surface area contributed by atoms with Crippen LogP contribution >= 0.6 is 0 Å². The van der Waals surface area contributed by atoms with Gasteiger partial charge in [-0.1, -0.05) is 91.0 Å². The summed E-state index contributed by atoms with van der Waals surface area (Å²) in [4.78, 5) is 31.9. The lowest BCUT2D eigenvalue weighted by Gasteiger charge is -2.19. The third kappa shape index (κ3) is 10.1. The summed E-state index contributed by atoms with van der Waals surface area (Å²) in [5, 5.41) is 22.0. The lowest BCUT2D eigenvalue weighted by atomic mass is 10.1. The van der Waals surface area contributed by atoms with Crippen molar-refractivity contribution in [2.45, 2.75) is 19.1 Å². The average molecular weight is 447 g/mol. The monoisotopic (exact) mass is 446 g/mol. The molecule has 0 radical (unpaired) electrons. The van der Waals surface area contributed by atoms with Crippen LogP contribution < -0.4 is 10.6 Å². The number of benzene rings is 3. The number of carboxylic acids is 2. The first-order valence-corrected chi connectivity index (χ1v) is 10.2. The van der Waals surface area contributed by atoms with E-state index >= 15 is 0 Å². The van der Waals surface area contributed by atoms with Crippen LogP contribution in [0.1, 0.15) is 22.7 Å². The van der Waals surface area contributed by atoms with Crippen LogP contribution in [-0.4, -0.2) is 28.1 Å². The van der Waals surface area contributed by atoms with Gasteiger partial charge in [-0.2, -0.15) is 0 Å². The van der Waals surface area contributed by atoms with Crippen LogP contribution in [0.4, 0.5) is 0 Å². The molecule has 4 N–H and O–H groups in total. The molecule has 7 heteroatoms. The third-order valence-electron chi connectivity index (χ3n) is 4.43. The van der Waals surface area contributed by atoms with E-state index in [0.717, 1.165) is 16.7 Å². The van der Waals surface area contributed by atoms with Gasteiger partial charge in [-0.25, -0.2) is 9.59 Å². The smallest absolute Gasteiger partial charge is 0.328 e. The molecule has 170 valence electrons. The first-order chi connectivity index (χ1) is 16.0. The van der Waals surface area contributed by atoms with Crippen molar-refractivity contribution >= 4 is 17.8 Å². The summed E-state index contributed by atoms with van der Waals surface area (Å²) in [6, 6.07) is 29.5. The van der Waals surface area contributed by atoms with Gasteiger partial charge in [0.05, 0.1) is 0 Å². The molecule has 33 heavy (non-hydrogen) atoms. The number of hydrogen-bond donors (Lipinski definition) is 4. The van der Waals surface area contributed by atoms with E-state index in [4.69, 9.17) is 10.2 Å². The largest absolute Gasteiger partial charge is 0.478 e. The fraction of sp³-hybridized carbons (Fsp3) is 0.115. The maximum atomic E-state index is 12.8. The molecule has 0 aromatic heterocycles. The lowest BCUT2D eigenvalue weighted by molar-refractivity contribution is -0.134. The Hall–Kier alpha value is -4.23. The van der Waals surface area contributed by atoms with Crippen LogP contribution in [0.15, 0.2) is 103 Å². The number of aliphatic carboxylic acids is 2. The van der Waals surface area contributed by atoms with Crippen molar-refractivity contribution in [3.05, 3.63) is 120 Å². The summed E-state index contributed by atoms with van der Waals surface area (Å²) in [5.74, 6) is -2.54. The third-order valence-corrected chi connectivity index (χ3v) is 4.43. The lowest BCUT2D eigenvalue weighted by Crippen LogP contribution is -2.37. The van der Waals surface area contributed by atoms with Gasteiger partial charge < -0.3 is 15.5 Å². The van der Waals surface area contributed by atoms with E-state index in [2.05, 4.69) is 22.8 Å². The molecule has 0 saturated carbocycles. The Labute approximate surface area is 192 Å². The normalized spacial score (nSPS) is 11.2. The quantitative estimate of drug-likeness (QED) is 0.374. The van der Waals surface area contributed by atoms with Gasteiger partial charge in [-0.15, -0.1) is 0 Å². The summed E-state index contributed by atoms with van der Waals surface area (Å²) in [5.41, 5.74) is 3.20. The summed E-state index contributed by atoms with van der Waals surface area (Å²) in [6.07, 6.45) is 1.12. The van der Waals surface area contributed by atoms with Gasteiger partial charge in [0.2, 0.25) is 5.91 Å². The highest BCUT2D eigenvalue weighted by molar-refractivity contribution is 5.89. The van der Waals surface area contributed by atoms with Crippen LogP contribution in [0.3, 0.4) is 0 Å². The van der Waals surface area contributed by atoms with Gasteiger partial charge in [0.25, 0.3) is 0 Å². The Morgan fingerprint density at radius 3 is 1.55 bits per heavy atom. The van der Waals surface area contributed by atoms with Crippen molar-refractivity contribution < 1.29 is 24.6 Å². The fourth-order valence-corrected chi connectivity index (χ4v) is 2.85. The Morgan fingerprint density at radius 1 is 0.667 bits per heavy atom. The summed E-state index contributed by atoms with van der Waals surface area (Å²) < 4.78 is 0. The van der Waals surface area contributed by atoms with E-state index < -0.39 is 11.9 Å². The van der Waals surface area contributed by atoms with Crippen LogP contribution in [0, 0.1) is 0 Å². The molecule has 3 rings (SSSR count). The highest BCUT2D eigenvalue weighted by atomic mass is 16.4. The average Bonchev–Trinajstić information content (AvgIpc) is 2.84. The number of hydrogen-bond acceptors (Lipinski definition) is 4. The van der Waals surface area contributed by atoms with Crippen LogP contribution in [0.2, 0.25) is 0 Å². The maximum Gasteiger partial charge on any atom is 0.328 e. The highest BCUT2D eigenvalue weighted by Crippen LogP contribution is 2.14. The van der Waals surface area contributed by atoms with Crippen molar-refractivity contribution in [1.29, 1.82) is 0 Å². The molecule has 1 atom stereocenters. The van der Waals surface area contributed by atoms with Crippen molar-refractivity contribution in [3.63, 3.8) is 0 Å². The second-order valence-electron chi connectivity index (χ2n) is 6.92. The molecule has 1 amide bonds. The Kier molecular flexibility index (Phi) is 10.6. The van der Waals surface area contributed by atoms with Crippen molar-refractivity contribution in [2.75, 3.05) is 0 Å². The summed E-state index contributed by atoms with van der Waals surface area (Å²) in [7, 11) is 0.